The van der Waals surface area contributed by atoms with Crippen molar-refractivity contribution in [3.63, 3.8) is 0 Å². The second-order valence-electron chi connectivity index (χ2n) is 14.8. The number of ether oxygens (including phenoxy) is 2. The number of epoxide rings is 1. The largest absolute Gasteiger partial charge is 0.487 e. The summed E-state index contributed by atoms with van der Waals surface area (Å²) in [5, 5.41) is 0. The van der Waals surface area contributed by atoms with Crippen LogP contribution < -0.4 is 4.74 Å². The molecule has 2 nitrogen and oxygen atoms in total. The molecule has 0 N–H and O–H groups in total. The van der Waals surface area contributed by atoms with E-state index in [0.29, 0.717) is 22.9 Å². The SMILES string of the molecule is CC(C)C(Oc1ccc(C23CC4CC(CC(C4)C2)C3)cc1C12CC3CC(CC(C3)C1)C2)C1CO1. The van der Waals surface area contributed by atoms with Crippen molar-refractivity contribution in [2.24, 2.45) is 41.4 Å². The molecule has 2 atom stereocenters. The smallest absolute Gasteiger partial charge is 0.129 e. The van der Waals surface area contributed by atoms with Gasteiger partial charge in [0, 0.05) is 5.56 Å². The van der Waals surface area contributed by atoms with Crippen LogP contribution in [0.15, 0.2) is 18.2 Å². The minimum absolute atomic E-state index is 0.193. The lowest BCUT2D eigenvalue weighted by molar-refractivity contribution is -0.0101. The van der Waals surface area contributed by atoms with Gasteiger partial charge < -0.3 is 9.47 Å². The van der Waals surface area contributed by atoms with E-state index in [9.17, 15) is 0 Å². The maximum Gasteiger partial charge on any atom is 0.129 e. The number of benzene rings is 1. The molecule has 34 heavy (non-hydrogen) atoms. The minimum Gasteiger partial charge on any atom is -0.487 e. The third-order valence-corrected chi connectivity index (χ3v) is 11.9. The third-order valence-electron chi connectivity index (χ3n) is 11.9. The maximum atomic E-state index is 6.97. The van der Waals surface area contributed by atoms with Gasteiger partial charge in [-0.2, -0.15) is 0 Å². The molecule has 2 unspecified atom stereocenters. The molecule has 9 fully saturated rings. The van der Waals surface area contributed by atoms with Crippen LogP contribution in [-0.2, 0) is 15.6 Å². The molecule has 1 aromatic rings. The van der Waals surface area contributed by atoms with E-state index in [4.69, 9.17) is 9.47 Å². The topological polar surface area (TPSA) is 21.8 Å². The van der Waals surface area contributed by atoms with Crippen molar-refractivity contribution in [1.29, 1.82) is 0 Å². The van der Waals surface area contributed by atoms with Gasteiger partial charge in [0.25, 0.3) is 0 Å². The van der Waals surface area contributed by atoms with E-state index in [1.54, 1.807) is 11.1 Å². The first-order valence-electron chi connectivity index (χ1n) is 14.9. The fraction of sp³-hybridized carbons (Fsp3) is 0.812. The Bertz CT molecular complexity index is 899. The summed E-state index contributed by atoms with van der Waals surface area (Å²) in [6, 6.07) is 7.72. The zero-order valence-corrected chi connectivity index (χ0v) is 21.4. The molecule has 1 saturated heterocycles. The Kier molecular flexibility index (Phi) is 4.51. The molecule has 8 bridgehead atoms. The van der Waals surface area contributed by atoms with Gasteiger partial charge in [0.15, 0.2) is 0 Å². The second kappa shape index (κ2) is 7.27. The molecule has 0 spiro atoms. The Labute approximate surface area is 206 Å². The van der Waals surface area contributed by atoms with Crippen molar-refractivity contribution in [2.75, 3.05) is 6.61 Å². The van der Waals surface area contributed by atoms with Gasteiger partial charge in [-0.15, -0.1) is 0 Å². The number of hydrogen-bond donors (Lipinski definition) is 0. The van der Waals surface area contributed by atoms with Gasteiger partial charge in [0.05, 0.1) is 6.61 Å². The molecule has 1 aromatic carbocycles. The van der Waals surface area contributed by atoms with Crippen LogP contribution in [0.2, 0.25) is 0 Å². The highest BCUT2D eigenvalue weighted by atomic mass is 16.6. The van der Waals surface area contributed by atoms with Crippen molar-refractivity contribution in [2.45, 2.75) is 114 Å². The second-order valence-corrected chi connectivity index (χ2v) is 14.8. The lowest BCUT2D eigenvalue weighted by atomic mass is 9.46. The molecule has 8 aliphatic carbocycles. The van der Waals surface area contributed by atoms with Crippen LogP contribution in [-0.4, -0.2) is 18.8 Å². The van der Waals surface area contributed by atoms with E-state index in [-0.39, 0.29) is 6.10 Å². The molecular weight excluding hydrogens is 416 g/mol. The zero-order valence-electron chi connectivity index (χ0n) is 21.4. The normalized spacial score (nSPS) is 48.5. The first-order valence-corrected chi connectivity index (χ1v) is 14.9. The lowest BCUT2D eigenvalue weighted by Crippen LogP contribution is -2.50. The first kappa shape index (κ1) is 21.1. The lowest BCUT2D eigenvalue weighted by Gasteiger charge is -2.58. The molecule has 0 amide bonds. The summed E-state index contributed by atoms with van der Waals surface area (Å²) in [6.07, 6.45) is 18.3. The average Bonchev–Trinajstić information content (AvgIpc) is 3.60. The molecular formula is C32H44O2. The Balaban J connectivity index is 1.22. The molecule has 184 valence electrons. The van der Waals surface area contributed by atoms with Crippen LogP contribution in [0.4, 0.5) is 0 Å². The Hall–Kier alpha value is -1.02. The van der Waals surface area contributed by atoms with Crippen molar-refractivity contribution in [3.8, 4) is 5.75 Å². The molecule has 8 saturated carbocycles. The van der Waals surface area contributed by atoms with Crippen LogP contribution in [0, 0.1) is 41.4 Å². The Morgan fingerprint density at radius 3 is 1.65 bits per heavy atom. The van der Waals surface area contributed by atoms with E-state index in [1.807, 2.05) is 0 Å². The maximum absolute atomic E-state index is 6.97. The van der Waals surface area contributed by atoms with Gasteiger partial charge in [0.1, 0.15) is 18.0 Å². The number of rotatable bonds is 6. The van der Waals surface area contributed by atoms with E-state index in [1.165, 1.54) is 82.8 Å². The molecule has 1 heterocycles. The summed E-state index contributed by atoms with van der Waals surface area (Å²) in [4.78, 5) is 0. The van der Waals surface area contributed by atoms with Crippen LogP contribution >= 0.6 is 0 Å². The van der Waals surface area contributed by atoms with Gasteiger partial charge >= 0.3 is 0 Å². The van der Waals surface area contributed by atoms with Gasteiger partial charge in [-0.1, -0.05) is 26.0 Å². The first-order chi connectivity index (χ1) is 16.5. The summed E-state index contributed by atoms with van der Waals surface area (Å²) < 4.78 is 12.7. The van der Waals surface area contributed by atoms with Gasteiger partial charge in [-0.05, 0) is 141 Å². The molecule has 0 aromatic heterocycles. The van der Waals surface area contributed by atoms with Crippen molar-refractivity contribution >= 4 is 0 Å². The molecule has 0 radical (unpaired) electrons. The predicted octanol–water partition coefficient (Wildman–Crippen LogP) is 7.42. The van der Waals surface area contributed by atoms with Crippen molar-refractivity contribution in [3.05, 3.63) is 29.3 Å². The summed E-state index contributed by atoms with van der Waals surface area (Å²) >= 11 is 0. The Morgan fingerprint density at radius 2 is 1.21 bits per heavy atom. The summed E-state index contributed by atoms with van der Waals surface area (Å²) in [5.41, 5.74) is 4.19. The van der Waals surface area contributed by atoms with E-state index < -0.39 is 0 Å². The van der Waals surface area contributed by atoms with Crippen LogP contribution in [0.3, 0.4) is 0 Å². The fourth-order valence-electron chi connectivity index (χ4n) is 11.3. The quantitative estimate of drug-likeness (QED) is 0.412. The van der Waals surface area contributed by atoms with Crippen molar-refractivity contribution in [1.82, 2.24) is 0 Å². The summed E-state index contributed by atoms with van der Waals surface area (Å²) in [6.45, 7) is 5.49. The monoisotopic (exact) mass is 460 g/mol. The summed E-state index contributed by atoms with van der Waals surface area (Å²) in [5.74, 6) is 7.62. The summed E-state index contributed by atoms with van der Waals surface area (Å²) in [7, 11) is 0. The molecule has 1 aliphatic heterocycles. The van der Waals surface area contributed by atoms with Crippen LogP contribution in [0.1, 0.15) is 102 Å². The third kappa shape index (κ3) is 3.22. The Morgan fingerprint density at radius 1 is 0.735 bits per heavy atom. The van der Waals surface area contributed by atoms with Crippen LogP contribution in [0.5, 0.6) is 5.75 Å². The highest BCUT2D eigenvalue weighted by Crippen LogP contribution is 2.64. The van der Waals surface area contributed by atoms with E-state index >= 15 is 0 Å². The number of hydrogen-bond acceptors (Lipinski definition) is 2. The van der Waals surface area contributed by atoms with Gasteiger partial charge in [0.2, 0.25) is 0 Å². The molecule has 10 rings (SSSR count). The van der Waals surface area contributed by atoms with Crippen molar-refractivity contribution < 1.29 is 9.47 Å². The predicted molar refractivity (Wildman–Crippen MR) is 135 cm³/mol. The minimum atomic E-state index is 0.193. The standard InChI is InChI=1S/C32H44O2/c1-19(2)30(29-18-33-29)34-28-4-3-26(31-12-20-5-21(13-31)7-22(6-20)14-31)11-27(28)32-15-23-8-24(16-32)10-25(9-23)17-32/h3-4,11,19-25,29-30H,5-10,12-18H2,1-2H3. The molecule has 9 aliphatic rings. The van der Waals surface area contributed by atoms with E-state index in [0.717, 1.165) is 42.1 Å². The average molecular weight is 461 g/mol. The van der Waals surface area contributed by atoms with Gasteiger partial charge in [-0.3, -0.25) is 0 Å². The highest BCUT2D eigenvalue weighted by molar-refractivity contribution is 5.47. The fourth-order valence-corrected chi connectivity index (χ4v) is 11.3. The van der Waals surface area contributed by atoms with E-state index in [2.05, 4.69) is 32.0 Å². The zero-order chi connectivity index (χ0) is 22.7. The highest BCUT2D eigenvalue weighted by Gasteiger charge is 2.55. The van der Waals surface area contributed by atoms with Crippen LogP contribution in [0.25, 0.3) is 0 Å². The van der Waals surface area contributed by atoms with Gasteiger partial charge in [-0.25, -0.2) is 0 Å². The molecule has 2 heteroatoms.